The van der Waals surface area contributed by atoms with E-state index in [0.717, 1.165) is 0 Å². The van der Waals surface area contributed by atoms with Crippen LogP contribution in [-0.4, -0.2) is 41.9 Å². The molecule has 1 saturated heterocycles. The number of nitrogens with one attached hydrogen (secondary N) is 1. The maximum Gasteiger partial charge on any atom is 0.330 e. The van der Waals surface area contributed by atoms with Crippen molar-refractivity contribution in [1.82, 2.24) is 5.32 Å². The first-order valence-corrected chi connectivity index (χ1v) is 7.04. The quantitative estimate of drug-likeness (QED) is 0.693. The first-order chi connectivity index (χ1) is 7.70. The smallest absolute Gasteiger partial charge is 0.330 e. The molecule has 1 saturated carbocycles. The molecule has 0 aromatic heterocycles. The monoisotopic (exact) mass is 260 g/mol. The van der Waals surface area contributed by atoms with Crippen LogP contribution in [0.15, 0.2) is 0 Å². The fourth-order valence-corrected chi connectivity index (χ4v) is 4.48. The van der Waals surface area contributed by atoms with E-state index in [0.29, 0.717) is 0 Å². The molecular formula is C10H14NO5S. The molecule has 1 amide bonds. The minimum atomic E-state index is -3.43. The number of fused-ring (bicyclic) bond motifs is 1. The van der Waals surface area contributed by atoms with Gasteiger partial charge in [-0.15, -0.1) is 0 Å². The lowest BCUT2D eigenvalue weighted by atomic mass is 9.95. The largest absolute Gasteiger partial charge is 0.479 e. The van der Waals surface area contributed by atoms with Crippen LogP contribution in [0, 0.1) is 18.3 Å². The van der Waals surface area contributed by atoms with Crippen molar-refractivity contribution in [3.05, 3.63) is 6.42 Å². The third kappa shape index (κ3) is 1.72. The summed E-state index contributed by atoms with van der Waals surface area (Å²) in [5.74, 6) is -3.21. The van der Waals surface area contributed by atoms with Gasteiger partial charge in [0.15, 0.2) is 15.4 Å². The van der Waals surface area contributed by atoms with E-state index in [2.05, 4.69) is 5.32 Å². The number of aliphatic carboxylic acids is 1. The highest BCUT2D eigenvalue weighted by Crippen LogP contribution is 2.51. The van der Waals surface area contributed by atoms with Crippen LogP contribution in [0.25, 0.3) is 0 Å². The molecule has 0 spiro atoms. The third-order valence-corrected chi connectivity index (χ3v) is 5.41. The number of carbonyl (C=O) groups is 2. The van der Waals surface area contributed by atoms with Gasteiger partial charge in [-0.1, -0.05) is 13.8 Å². The van der Waals surface area contributed by atoms with Crippen LogP contribution in [0.4, 0.5) is 0 Å². The van der Waals surface area contributed by atoms with Crippen molar-refractivity contribution < 1.29 is 23.1 Å². The summed E-state index contributed by atoms with van der Waals surface area (Å²) in [5.41, 5.74) is -1.66. The van der Waals surface area contributed by atoms with Gasteiger partial charge in [0.2, 0.25) is 5.91 Å². The Morgan fingerprint density at radius 1 is 1.47 bits per heavy atom. The maximum absolute atomic E-state index is 11.6. The molecule has 2 fully saturated rings. The minimum Gasteiger partial charge on any atom is -0.479 e. The second-order valence-electron chi connectivity index (χ2n) is 4.91. The Bertz CT molecular complexity index is 483. The number of hydrogen-bond acceptors (Lipinski definition) is 4. The standard InChI is InChI=1S/C10H14NO5S/c1-5(2)8(12)11-10(9(13)14)4-17(15,16)7-3-6(7)10/h3,5-7H,4H2,1-2H3,(H,11,12)(H,13,14)/t6-,7+,10+/m1/s1. The topological polar surface area (TPSA) is 101 Å². The van der Waals surface area contributed by atoms with E-state index in [-0.39, 0.29) is 5.92 Å². The van der Waals surface area contributed by atoms with Gasteiger partial charge in [0.1, 0.15) is 0 Å². The molecule has 0 unspecified atom stereocenters. The number of hydrogen-bond donors (Lipinski definition) is 2. The summed E-state index contributed by atoms with van der Waals surface area (Å²) < 4.78 is 23.3. The average Bonchev–Trinajstić information content (AvgIpc) is 2.91. The Hall–Kier alpha value is -1.11. The molecule has 6 nitrogen and oxygen atoms in total. The Labute approximate surface area is 99.3 Å². The second kappa shape index (κ2) is 3.44. The summed E-state index contributed by atoms with van der Waals surface area (Å²) >= 11 is 0. The summed E-state index contributed by atoms with van der Waals surface area (Å²) in [5, 5.41) is 10.9. The highest BCUT2D eigenvalue weighted by Gasteiger charge is 2.71. The number of amides is 1. The van der Waals surface area contributed by atoms with E-state index in [9.17, 15) is 23.1 Å². The molecule has 0 aromatic rings. The van der Waals surface area contributed by atoms with E-state index in [1.807, 2.05) is 0 Å². The molecule has 2 rings (SSSR count). The lowest BCUT2D eigenvalue weighted by molar-refractivity contribution is -0.147. The molecule has 95 valence electrons. The van der Waals surface area contributed by atoms with Crippen LogP contribution >= 0.6 is 0 Å². The minimum absolute atomic E-state index is 0.383. The van der Waals surface area contributed by atoms with Gasteiger partial charge in [0.05, 0.1) is 11.0 Å². The first-order valence-electron chi connectivity index (χ1n) is 5.33. The predicted molar refractivity (Wildman–Crippen MR) is 58.7 cm³/mol. The average molecular weight is 260 g/mol. The number of sulfone groups is 1. The van der Waals surface area contributed by atoms with Crippen molar-refractivity contribution in [3.63, 3.8) is 0 Å². The van der Waals surface area contributed by atoms with Crippen molar-refractivity contribution >= 4 is 21.7 Å². The molecule has 0 bridgehead atoms. The Morgan fingerprint density at radius 3 is 2.35 bits per heavy atom. The molecule has 7 heteroatoms. The van der Waals surface area contributed by atoms with Gasteiger partial charge >= 0.3 is 5.97 Å². The first kappa shape index (κ1) is 12.3. The van der Waals surface area contributed by atoms with Gasteiger partial charge in [-0.2, -0.15) is 0 Å². The maximum atomic E-state index is 11.6. The molecule has 1 aliphatic heterocycles. The Morgan fingerprint density at radius 2 is 2.06 bits per heavy atom. The van der Waals surface area contributed by atoms with Crippen LogP contribution in [0.1, 0.15) is 13.8 Å². The zero-order chi connectivity index (χ0) is 13.0. The van der Waals surface area contributed by atoms with E-state index < -0.39 is 44.2 Å². The van der Waals surface area contributed by atoms with E-state index in [1.54, 1.807) is 13.8 Å². The van der Waals surface area contributed by atoms with Crippen molar-refractivity contribution in [3.8, 4) is 0 Å². The molecule has 1 radical (unpaired) electrons. The number of carboxylic acid groups (broad SMARTS) is 1. The molecule has 3 atom stereocenters. The highest BCUT2D eigenvalue weighted by molar-refractivity contribution is 7.93. The molecule has 1 aliphatic carbocycles. The van der Waals surface area contributed by atoms with E-state index in [1.165, 1.54) is 6.42 Å². The Balaban J connectivity index is 2.31. The summed E-state index contributed by atoms with van der Waals surface area (Å²) in [6, 6.07) is 0. The second-order valence-corrected chi connectivity index (χ2v) is 7.07. The van der Waals surface area contributed by atoms with Crippen molar-refractivity contribution in [2.45, 2.75) is 24.6 Å². The molecule has 17 heavy (non-hydrogen) atoms. The van der Waals surface area contributed by atoms with Crippen LogP contribution in [0.3, 0.4) is 0 Å². The van der Waals surface area contributed by atoms with Crippen molar-refractivity contribution in [2.24, 2.45) is 11.8 Å². The van der Waals surface area contributed by atoms with Crippen LogP contribution in [-0.2, 0) is 19.4 Å². The summed E-state index contributed by atoms with van der Waals surface area (Å²) in [6.45, 7) is 3.25. The van der Waals surface area contributed by atoms with Crippen LogP contribution in [0.2, 0.25) is 0 Å². The van der Waals surface area contributed by atoms with Gasteiger partial charge in [-0.05, 0) is 6.42 Å². The number of rotatable bonds is 3. The van der Waals surface area contributed by atoms with Gasteiger partial charge in [-0.3, -0.25) is 4.79 Å². The van der Waals surface area contributed by atoms with Crippen LogP contribution < -0.4 is 5.32 Å². The summed E-state index contributed by atoms with van der Waals surface area (Å²) in [4.78, 5) is 22.9. The van der Waals surface area contributed by atoms with Gasteiger partial charge in [0, 0.05) is 11.8 Å². The molecular weight excluding hydrogens is 246 g/mol. The fraction of sp³-hybridized carbons (Fsp3) is 0.700. The van der Waals surface area contributed by atoms with Crippen molar-refractivity contribution in [2.75, 3.05) is 5.75 Å². The molecule has 1 heterocycles. The van der Waals surface area contributed by atoms with Gasteiger partial charge < -0.3 is 10.4 Å². The summed E-state index contributed by atoms with van der Waals surface area (Å²) in [6.07, 6.45) is 1.47. The highest BCUT2D eigenvalue weighted by atomic mass is 32.2. The van der Waals surface area contributed by atoms with Crippen LogP contribution in [0.5, 0.6) is 0 Å². The number of carbonyl (C=O) groups excluding carboxylic acids is 1. The van der Waals surface area contributed by atoms with Crippen molar-refractivity contribution in [1.29, 1.82) is 0 Å². The molecule has 2 N–H and O–H groups in total. The third-order valence-electron chi connectivity index (χ3n) is 3.27. The zero-order valence-corrected chi connectivity index (χ0v) is 10.3. The normalized spacial score (nSPS) is 37.6. The lowest BCUT2D eigenvalue weighted by Crippen LogP contribution is -2.59. The molecule has 0 aromatic carbocycles. The predicted octanol–water partition coefficient (Wildman–Crippen LogP) is -0.787. The zero-order valence-electron chi connectivity index (χ0n) is 9.50. The van der Waals surface area contributed by atoms with Gasteiger partial charge in [0.25, 0.3) is 0 Å². The number of carboxylic acids is 1. The molecule has 2 aliphatic rings. The fourth-order valence-electron chi connectivity index (χ4n) is 2.18. The lowest BCUT2D eigenvalue weighted by Gasteiger charge is -2.27. The van der Waals surface area contributed by atoms with E-state index in [4.69, 9.17) is 0 Å². The summed E-state index contributed by atoms with van der Waals surface area (Å²) in [7, 11) is -3.43. The van der Waals surface area contributed by atoms with Gasteiger partial charge in [-0.25, -0.2) is 13.2 Å². The Kier molecular flexibility index (Phi) is 2.50. The van der Waals surface area contributed by atoms with E-state index >= 15 is 0 Å². The SMILES string of the molecule is CC(C)C(=O)N[C@@]1(C(=O)O)CS(=O)(=O)[C@H]2[CH][C@H]21.